The van der Waals surface area contributed by atoms with Gasteiger partial charge in [0.15, 0.2) is 11.5 Å². The molecule has 1 saturated carbocycles. The van der Waals surface area contributed by atoms with Crippen LogP contribution in [0.4, 0.5) is 5.69 Å². The highest BCUT2D eigenvalue weighted by Crippen LogP contribution is 2.35. The van der Waals surface area contributed by atoms with Gasteiger partial charge in [0.1, 0.15) is 19.3 Å². The molecule has 0 radical (unpaired) electrons. The molecule has 0 spiro atoms. The zero-order valence-corrected chi connectivity index (χ0v) is 26.4. The topological polar surface area (TPSA) is 105 Å². The van der Waals surface area contributed by atoms with Crippen LogP contribution in [0.1, 0.15) is 63.9 Å². The first-order valence-electron chi connectivity index (χ1n) is 14.5. The average Bonchev–Trinajstić information content (AvgIpc) is 2.96. The fourth-order valence-corrected chi connectivity index (χ4v) is 6.98. The summed E-state index contributed by atoms with van der Waals surface area (Å²) in [7, 11) is -3.66. The summed E-state index contributed by atoms with van der Waals surface area (Å²) in [6.07, 6.45) is 6.93. The number of rotatable bonds is 12. The highest BCUT2D eigenvalue weighted by atomic mass is 35.5. The van der Waals surface area contributed by atoms with Gasteiger partial charge in [-0.2, -0.15) is 0 Å². The molecule has 4 rings (SSSR count). The number of benzene rings is 2. The van der Waals surface area contributed by atoms with Crippen LogP contribution in [0.2, 0.25) is 10.0 Å². The number of amides is 2. The molecule has 1 N–H and O–H groups in total. The number of nitrogens with zero attached hydrogens (tertiary/aromatic N) is 2. The van der Waals surface area contributed by atoms with E-state index in [0.717, 1.165) is 38.4 Å². The molecule has 1 fully saturated rings. The summed E-state index contributed by atoms with van der Waals surface area (Å²) >= 11 is 12.9. The highest BCUT2D eigenvalue weighted by molar-refractivity contribution is 7.92. The van der Waals surface area contributed by atoms with E-state index >= 15 is 0 Å². The summed E-state index contributed by atoms with van der Waals surface area (Å²) in [6, 6.07) is 9.46. The molecule has 2 aromatic rings. The average molecular weight is 641 g/mol. The molecule has 1 atom stereocenters. The number of carbonyl (C=O) groups excluding carboxylic acids is 2. The Morgan fingerprint density at radius 1 is 1.02 bits per heavy atom. The first kappa shape index (κ1) is 32.2. The van der Waals surface area contributed by atoms with Gasteiger partial charge in [0.25, 0.3) is 0 Å². The van der Waals surface area contributed by atoms with Crippen LogP contribution in [0.5, 0.6) is 11.5 Å². The Labute approximate surface area is 258 Å². The van der Waals surface area contributed by atoms with Crippen LogP contribution in [-0.4, -0.2) is 63.2 Å². The summed E-state index contributed by atoms with van der Waals surface area (Å²) in [6.45, 7) is 2.80. The fourth-order valence-electron chi connectivity index (χ4n) is 5.51. The van der Waals surface area contributed by atoms with Gasteiger partial charge in [-0.1, -0.05) is 55.5 Å². The first-order chi connectivity index (χ1) is 20.1. The lowest BCUT2D eigenvalue weighted by molar-refractivity contribution is -0.141. The van der Waals surface area contributed by atoms with Gasteiger partial charge in [-0.05, 0) is 49.9 Å². The number of sulfonamides is 1. The fraction of sp³-hybridized carbons (Fsp3) is 0.533. The van der Waals surface area contributed by atoms with Crippen molar-refractivity contribution in [3.63, 3.8) is 0 Å². The van der Waals surface area contributed by atoms with Crippen LogP contribution in [0, 0.1) is 0 Å². The van der Waals surface area contributed by atoms with Gasteiger partial charge < -0.3 is 19.7 Å². The third-order valence-electron chi connectivity index (χ3n) is 7.69. The van der Waals surface area contributed by atoms with Crippen molar-refractivity contribution in [1.82, 2.24) is 10.2 Å². The van der Waals surface area contributed by atoms with E-state index in [4.69, 9.17) is 32.7 Å². The second-order valence-electron chi connectivity index (χ2n) is 10.8. The van der Waals surface area contributed by atoms with Crippen molar-refractivity contribution in [2.75, 3.05) is 30.3 Å². The lowest BCUT2D eigenvalue weighted by atomic mass is 9.95. The third kappa shape index (κ3) is 8.23. The van der Waals surface area contributed by atoms with Gasteiger partial charge in [0, 0.05) is 47.2 Å². The first-order valence-corrected chi connectivity index (χ1v) is 17.1. The molecule has 1 aliphatic heterocycles. The van der Waals surface area contributed by atoms with Crippen molar-refractivity contribution < 1.29 is 27.5 Å². The molecule has 1 unspecified atom stereocenters. The van der Waals surface area contributed by atoms with Crippen molar-refractivity contribution in [3.8, 4) is 11.5 Å². The minimum Gasteiger partial charge on any atom is -0.486 e. The second kappa shape index (κ2) is 14.7. The molecule has 0 aromatic heterocycles. The molecular weight excluding hydrogens is 601 g/mol. The van der Waals surface area contributed by atoms with E-state index in [1.165, 1.54) is 9.21 Å². The Morgan fingerprint density at radius 3 is 2.33 bits per heavy atom. The summed E-state index contributed by atoms with van der Waals surface area (Å²) in [5.41, 5.74) is 0.985. The minimum atomic E-state index is -3.66. The summed E-state index contributed by atoms with van der Waals surface area (Å²) in [5.74, 6) is 0.544. The number of carbonyl (C=O) groups is 2. The predicted molar refractivity (Wildman–Crippen MR) is 165 cm³/mol. The molecule has 42 heavy (non-hydrogen) atoms. The van der Waals surface area contributed by atoms with Crippen LogP contribution in [0.15, 0.2) is 36.4 Å². The molecule has 230 valence electrons. The molecule has 2 amide bonds. The lowest BCUT2D eigenvalue weighted by Crippen LogP contribution is -2.51. The second-order valence-corrected chi connectivity index (χ2v) is 13.5. The predicted octanol–water partition coefficient (Wildman–Crippen LogP) is 5.57. The summed E-state index contributed by atoms with van der Waals surface area (Å²) in [5, 5.41) is 3.97. The standard InChI is InChI=1S/C30H39Cl2N3O6S/c1-3-26(30(37)33-21-9-5-4-6-10-21)34(20-23-24(31)11-7-12-25(23)32)29(36)13-8-16-35(42(2,38)39)22-14-15-27-28(19-22)41-18-17-40-27/h7,11-12,14-15,19,21,26H,3-6,8-10,13,16-18,20H2,1-2H3,(H,33,37). The van der Waals surface area contributed by atoms with Crippen LogP contribution in [0.3, 0.4) is 0 Å². The molecule has 1 heterocycles. The Hall–Kier alpha value is -2.69. The maximum absolute atomic E-state index is 13.8. The number of anilines is 1. The maximum atomic E-state index is 13.8. The number of nitrogens with one attached hydrogen (secondary N) is 1. The van der Waals surface area contributed by atoms with E-state index in [9.17, 15) is 18.0 Å². The number of ether oxygens (including phenoxy) is 2. The van der Waals surface area contributed by atoms with Gasteiger partial charge in [0.05, 0.1) is 11.9 Å². The van der Waals surface area contributed by atoms with E-state index < -0.39 is 16.1 Å². The van der Waals surface area contributed by atoms with Crippen molar-refractivity contribution >= 4 is 50.7 Å². The van der Waals surface area contributed by atoms with Crippen LogP contribution in [0.25, 0.3) is 0 Å². The van der Waals surface area contributed by atoms with Crippen LogP contribution in [-0.2, 0) is 26.2 Å². The Morgan fingerprint density at radius 2 is 1.69 bits per heavy atom. The zero-order chi connectivity index (χ0) is 30.3. The molecule has 2 aliphatic rings. The summed E-state index contributed by atoms with van der Waals surface area (Å²) < 4.78 is 37.9. The molecule has 2 aromatic carbocycles. The van der Waals surface area contributed by atoms with Crippen molar-refractivity contribution in [2.24, 2.45) is 0 Å². The molecule has 0 bridgehead atoms. The molecule has 1 aliphatic carbocycles. The Bertz CT molecular complexity index is 1350. The van der Waals surface area contributed by atoms with Crippen molar-refractivity contribution in [3.05, 3.63) is 52.0 Å². The van der Waals surface area contributed by atoms with E-state index in [1.54, 1.807) is 36.4 Å². The van der Waals surface area contributed by atoms with Crippen molar-refractivity contribution in [1.29, 1.82) is 0 Å². The molecule has 12 heteroatoms. The van der Waals surface area contributed by atoms with Gasteiger partial charge >= 0.3 is 0 Å². The lowest BCUT2D eigenvalue weighted by Gasteiger charge is -2.33. The number of halogens is 2. The van der Waals surface area contributed by atoms with Crippen molar-refractivity contribution in [2.45, 2.75) is 76.9 Å². The number of hydrogen-bond donors (Lipinski definition) is 1. The monoisotopic (exact) mass is 639 g/mol. The minimum absolute atomic E-state index is 0.0197. The molecule has 9 nitrogen and oxygen atoms in total. The van der Waals surface area contributed by atoms with Crippen LogP contribution < -0.4 is 19.1 Å². The highest BCUT2D eigenvalue weighted by Gasteiger charge is 2.31. The largest absolute Gasteiger partial charge is 0.486 e. The quantitative estimate of drug-likeness (QED) is 0.326. The number of hydrogen-bond acceptors (Lipinski definition) is 6. The maximum Gasteiger partial charge on any atom is 0.243 e. The third-order valence-corrected chi connectivity index (χ3v) is 9.60. The Balaban J connectivity index is 1.51. The van der Waals surface area contributed by atoms with Gasteiger partial charge in [-0.25, -0.2) is 8.42 Å². The van der Waals surface area contributed by atoms with E-state index in [2.05, 4.69) is 5.32 Å². The zero-order valence-electron chi connectivity index (χ0n) is 24.1. The molecule has 0 saturated heterocycles. The van der Waals surface area contributed by atoms with E-state index in [0.29, 0.717) is 52.4 Å². The Kier molecular flexibility index (Phi) is 11.3. The van der Waals surface area contributed by atoms with Gasteiger partial charge in [0.2, 0.25) is 21.8 Å². The SMILES string of the molecule is CCC(C(=O)NC1CCCCC1)N(Cc1c(Cl)cccc1Cl)C(=O)CCCN(c1ccc2c(c1)OCCO2)S(C)(=O)=O. The van der Waals surface area contributed by atoms with Crippen LogP contribution >= 0.6 is 23.2 Å². The van der Waals surface area contributed by atoms with Gasteiger partial charge in [-0.3, -0.25) is 13.9 Å². The summed E-state index contributed by atoms with van der Waals surface area (Å²) in [4.78, 5) is 28.8. The number of fused-ring (bicyclic) bond motifs is 1. The van der Waals surface area contributed by atoms with E-state index in [-0.39, 0.29) is 43.8 Å². The normalized spacial score (nSPS) is 16.0. The smallest absolute Gasteiger partial charge is 0.243 e. The molecular formula is C30H39Cl2N3O6S. The van der Waals surface area contributed by atoms with E-state index in [1.807, 2.05) is 6.92 Å². The van der Waals surface area contributed by atoms with Gasteiger partial charge in [-0.15, -0.1) is 0 Å².